The van der Waals surface area contributed by atoms with Gasteiger partial charge in [-0.05, 0) is 12.8 Å². The fraction of sp³-hybridized carbons (Fsp3) is 0.500. The molecule has 0 aromatic carbocycles. The molecule has 0 spiro atoms. The van der Waals surface area contributed by atoms with Crippen molar-refractivity contribution in [1.29, 1.82) is 0 Å². The van der Waals surface area contributed by atoms with E-state index >= 15 is 0 Å². The molecule has 0 unspecified atom stereocenters. The summed E-state index contributed by atoms with van der Waals surface area (Å²) in [5, 5.41) is 6.69. The first kappa shape index (κ1) is 8.86. The first-order valence-electron chi connectivity index (χ1n) is 4.32. The van der Waals surface area contributed by atoms with E-state index in [9.17, 15) is 4.79 Å². The van der Waals surface area contributed by atoms with Crippen molar-refractivity contribution in [3.8, 4) is 0 Å². The highest BCUT2D eigenvalue weighted by Gasteiger charge is 2.28. The van der Waals surface area contributed by atoms with Gasteiger partial charge in [0.05, 0.1) is 7.11 Å². The van der Waals surface area contributed by atoms with E-state index in [1.807, 2.05) is 0 Å². The summed E-state index contributed by atoms with van der Waals surface area (Å²) in [4.78, 5) is 11.3. The number of carbonyl (C=O) groups excluding carboxylic acids is 1. The van der Waals surface area contributed by atoms with Gasteiger partial charge in [0.2, 0.25) is 5.88 Å². The molecule has 1 aromatic heterocycles. The van der Waals surface area contributed by atoms with Crippen LogP contribution in [0.4, 0.5) is 11.7 Å². The van der Waals surface area contributed by atoms with Gasteiger partial charge in [-0.25, -0.2) is 4.79 Å². The molecule has 0 radical (unpaired) electrons. The zero-order chi connectivity index (χ0) is 10.1. The summed E-state index contributed by atoms with van der Waals surface area (Å²) in [5.41, 5.74) is 5.62. The van der Waals surface area contributed by atoms with Crippen molar-refractivity contribution in [1.82, 2.24) is 5.16 Å². The second-order valence-electron chi connectivity index (χ2n) is 3.18. The molecule has 1 aromatic rings. The van der Waals surface area contributed by atoms with Gasteiger partial charge in [0, 0.05) is 6.04 Å². The van der Waals surface area contributed by atoms with Crippen molar-refractivity contribution >= 4 is 17.7 Å². The third-order valence-electron chi connectivity index (χ3n) is 2.03. The van der Waals surface area contributed by atoms with Gasteiger partial charge < -0.3 is 20.3 Å². The molecule has 14 heavy (non-hydrogen) atoms. The van der Waals surface area contributed by atoms with E-state index < -0.39 is 5.97 Å². The highest BCUT2D eigenvalue weighted by Crippen LogP contribution is 2.28. The summed E-state index contributed by atoms with van der Waals surface area (Å²) in [6.45, 7) is 0. The SMILES string of the molecule is COC(=O)c1c(NC2CC2)noc1N. The lowest BCUT2D eigenvalue weighted by Crippen LogP contribution is -2.09. The molecule has 0 bridgehead atoms. The summed E-state index contributed by atoms with van der Waals surface area (Å²) in [7, 11) is 1.29. The number of nitrogens with one attached hydrogen (secondary N) is 1. The van der Waals surface area contributed by atoms with Crippen LogP contribution in [-0.4, -0.2) is 24.3 Å². The number of methoxy groups -OCH3 is 1. The maximum atomic E-state index is 11.3. The Morgan fingerprint density at radius 1 is 1.71 bits per heavy atom. The summed E-state index contributed by atoms with van der Waals surface area (Å²) in [6.07, 6.45) is 2.15. The molecular weight excluding hydrogens is 186 g/mol. The Bertz CT molecular complexity index is 357. The number of hydrogen-bond acceptors (Lipinski definition) is 6. The van der Waals surface area contributed by atoms with Crippen molar-refractivity contribution in [2.45, 2.75) is 18.9 Å². The van der Waals surface area contributed by atoms with Gasteiger partial charge >= 0.3 is 5.97 Å². The topological polar surface area (TPSA) is 90.4 Å². The number of ether oxygens (including phenoxy) is 1. The van der Waals surface area contributed by atoms with Gasteiger partial charge in [0.15, 0.2) is 11.4 Å². The predicted octanol–water partition coefficient (Wildman–Crippen LogP) is 0.618. The summed E-state index contributed by atoms with van der Waals surface area (Å²) in [5.74, 6) is -0.177. The van der Waals surface area contributed by atoms with Gasteiger partial charge in [-0.1, -0.05) is 5.16 Å². The minimum atomic E-state index is -0.535. The van der Waals surface area contributed by atoms with Crippen LogP contribution in [0.1, 0.15) is 23.2 Å². The minimum absolute atomic E-state index is 0.0139. The quantitative estimate of drug-likeness (QED) is 0.690. The normalized spacial score (nSPS) is 15.2. The molecule has 1 heterocycles. The lowest BCUT2D eigenvalue weighted by Gasteiger charge is -2.01. The minimum Gasteiger partial charge on any atom is -0.465 e. The Morgan fingerprint density at radius 2 is 2.43 bits per heavy atom. The summed E-state index contributed by atoms with van der Waals surface area (Å²) in [6, 6.07) is 0.378. The van der Waals surface area contributed by atoms with E-state index in [0.717, 1.165) is 12.8 Å². The van der Waals surface area contributed by atoms with Gasteiger partial charge in [-0.2, -0.15) is 0 Å². The first-order valence-corrected chi connectivity index (χ1v) is 4.32. The molecule has 0 saturated heterocycles. The third-order valence-corrected chi connectivity index (χ3v) is 2.03. The lowest BCUT2D eigenvalue weighted by atomic mass is 10.3. The number of aromatic nitrogens is 1. The van der Waals surface area contributed by atoms with E-state index in [1.165, 1.54) is 7.11 Å². The van der Waals surface area contributed by atoms with Gasteiger partial charge in [0.25, 0.3) is 0 Å². The number of nitrogens with two attached hydrogens (primary N) is 1. The average Bonchev–Trinajstić information content (AvgIpc) is 2.90. The average molecular weight is 197 g/mol. The fourth-order valence-corrected chi connectivity index (χ4v) is 1.12. The van der Waals surface area contributed by atoms with Crippen molar-refractivity contribution in [3.63, 3.8) is 0 Å². The van der Waals surface area contributed by atoms with E-state index in [-0.39, 0.29) is 11.4 Å². The van der Waals surface area contributed by atoms with Crippen LogP contribution in [0.15, 0.2) is 4.52 Å². The number of nitrogens with zero attached hydrogens (tertiary/aromatic N) is 1. The molecular formula is C8H11N3O3. The molecule has 1 saturated carbocycles. The van der Waals surface area contributed by atoms with Crippen molar-refractivity contribution in [3.05, 3.63) is 5.56 Å². The molecule has 3 N–H and O–H groups in total. The third kappa shape index (κ3) is 1.50. The first-order chi connectivity index (χ1) is 6.72. The van der Waals surface area contributed by atoms with Crippen LogP contribution < -0.4 is 11.1 Å². The zero-order valence-corrected chi connectivity index (χ0v) is 7.74. The Hall–Kier alpha value is -1.72. The summed E-state index contributed by atoms with van der Waals surface area (Å²) >= 11 is 0. The highest BCUT2D eigenvalue weighted by molar-refractivity contribution is 5.98. The number of rotatable bonds is 3. The molecule has 0 amide bonds. The molecule has 1 fully saturated rings. The Balaban J connectivity index is 2.24. The summed E-state index contributed by atoms with van der Waals surface area (Å²) < 4.78 is 9.27. The number of esters is 1. The van der Waals surface area contributed by atoms with Crippen molar-refractivity contribution < 1.29 is 14.1 Å². The number of nitrogen functional groups attached to an aromatic ring is 1. The molecule has 1 aliphatic rings. The van der Waals surface area contributed by atoms with Gasteiger partial charge in [-0.15, -0.1) is 0 Å². The van der Waals surface area contributed by atoms with Gasteiger partial charge in [-0.3, -0.25) is 0 Å². The number of hydrogen-bond donors (Lipinski definition) is 2. The molecule has 6 nitrogen and oxygen atoms in total. The zero-order valence-electron chi connectivity index (χ0n) is 7.74. The van der Waals surface area contributed by atoms with Crippen LogP contribution in [0.2, 0.25) is 0 Å². The van der Waals surface area contributed by atoms with E-state index in [2.05, 4.69) is 15.2 Å². The smallest absolute Gasteiger partial charge is 0.347 e. The standard InChI is InChI=1S/C8H11N3O3/c1-13-8(12)5-6(9)14-11-7(5)10-4-2-3-4/h4H,2-3,9H2,1H3,(H,10,11). The van der Waals surface area contributed by atoms with Crippen LogP contribution in [0.3, 0.4) is 0 Å². The van der Waals surface area contributed by atoms with Crippen LogP contribution in [0, 0.1) is 0 Å². The van der Waals surface area contributed by atoms with E-state index in [0.29, 0.717) is 11.9 Å². The molecule has 1 aliphatic carbocycles. The van der Waals surface area contributed by atoms with Crippen LogP contribution in [0.25, 0.3) is 0 Å². The van der Waals surface area contributed by atoms with E-state index in [1.54, 1.807) is 0 Å². The van der Waals surface area contributed by atoms with Crippen molar-refractivity contribution in [2.24, 2.45) is 0 Å². The number of anilines is 2. The Kier molecular flexibility index (Phi) is 2.03. The van der Waals surface area contributed by atoms with Crippen LogP contribution >= 0.6 is 0 Å². The second-order valence-corrected chi connectivity index (χ2v) is 3.18. The van der Waals surface area contributed by atoms with E-state index in [4.69, 9.17) is 10.3 Å². The predicted molar refractivity (Wildman–Crippen MR) is 48.9 cm³/mol. The maximum Gasteiger partial charge on any atom is 0.347 e. The highest BCUT2D eigenvalue weighted by atomic mass is 16.5. The lowest BCUT2D eigenvalue weighted by molar-refractivity contribution is 0.0602. The maximum absolute atomic E-state index is 11.3. The number of carbonyl (C=O) groups is 1. The Morgan fingerprint density at radius 3 is 3.00 bits per heavy atom. The molecule has 0 atom stereocenters. The molecule has 6 heteroatoms. The Labute approximate surface area is 80.4 Å². The largest absolute Gasteiger partial charge is 0.465 e. The molecule has 2 rings (SSSR count). The fourth-order valence-electron chi connectivity index (χ4n) is 1.12. The van der Waals surface area contributed by atoms with Crippen molar-refractivity contribution in [2.75, 3.05) is 18.2 Å². The van der Waals surface area contributed by atoms with Crippen LogP contribution in [0.5, 0.6) is 0 Å². The van der Waals surface area contributed by atoms with Gasteiger partial charge in [0.1, 0.15) is 0 Å². The van der Waals surface area contributed by atoms with Crippen LogP contribution in [-0.2, 0) is 4.74 Å². The molecule has 0 aliphatic heterocycles. The molecule has 76 valence electrons. The monoisotopic (exact) mass is 197 g/mol. The second kappa shape index (κ2) is 3.21.